The molecule has 1 saturated heterocycles. The number of hydrogen-bond acceptors (Lipinski definition) is 7. The maximum Gasteiger partial charge on any atom is 0.311 e. The lowest BCUT2D eigenvalue weighted by atomic mass is 10.1. The Labute approximate surface area is 176 Å². The van der Waals surface area contributed by atoms with Crippen LogP contribution < -0.4 is 5.43 Å². The van der Waals surface area contributed by atoms with Gasteiger partial charge in [-0.3, -0.25) is 39.7 Å². The van der Waals surface area contributed by atoms with Crippen molar-refractivity contribution in [2.75, 3.05) is 13.2 Å². The number of esters is 1. The smallest absolute Gasteiger partial charge is 0.311 e. The summed E-state index contributed by atoms with van der Waals surface area (Å²) < 4.78 is 5.00. The Kier molecular flexibility index (Phi) is 6.39. The van der Waals surface area contributed by atoms with E-state index in [1.807, 2.05) is 0 Å². The molecular weight excluding hydrogens is 406 g/mol. The van der Waals surface area contributed by atoms with Gasteiger partial charge in [-0.25, -0.2) is 0 Å². The Hall–Kier alpha value is -4.08. The van der Waals surface area contributed by atoms with Crippen LogP contribution in [0.2, 0.25) is 0 Å². The van der Waals surface area contributed by atoms with Crippen molar-refractivity contribution in [1.29, 1.82) is 0 Å². The molecule has 0 aromatic heterocycles. The number of Topliss-reactive ketones (excluding diaryl/α,β-unsaturated/α-hetero) is 1. The van der Waals surface area contributed by atoms with E-state index < -0.39 is 41.0 Å². The first-order chi connectivity index (χ1) is 14.8. The molecule has 0 radical (unpaired) electrons. The molecule has 0 unspecified atom stereocenters. The Bertz CT molecular complexity index is 1070. The molecule has 3 rings (SSSR count). The molecule has 2 aromatic carbocycles. The molecule has 2 aromatic rings. The summed E-state index contributed by atoms with van der Waals surface area (Å²) in [4.78, 5) is 59.2. The quantitative estimate of drug-likeness (QED) is 0.309. The van der Waals surface area contributed by atoms with Crippen molar-refractivity contribution < 1.29 is 28.8 Å². The van der Waals surface area contributed by atoms with Crippen LogP contribution in [0.4, 0.5) is 5.69 Å². The normalized spacial score (nSPS) is 15.5. The van der Waals surface area contributed by atoms with Crippen molar-refractivity contribution >= 4 is 29.3 Å². The predicted molar refractivity (Wildman–Crippen MR) is 107 cm³/mol. The number of aryl methyl sites for hydroxylation is 1. The van der Waals surface area contributed by atoms with Crippen LogP contribution in [0.1, 0.15) is 32.7 Å². The Morgan fingerprint density at radius 2 is 1.94 bits per heavy atom. The van der Waals surface area contributed by atoms with Gasteiger partial charge in [0.1, 0.15) is 0 Å². The minimum Gasteiger partial charge on any atom is -0.457 e. The van der Waals surface area contributed by atoms with Crippen molar-refractivity contribution in [3.05, 3.63) is 75.3 Å². The van der Waals surface area contributed by atoms with E-state index in [0.29, 0.717) is 5.56 Å². The first-order valence-electron chi connectivity index (χ1n) is 9.37. The highest BCUT2D eigenvalue weighted by molar-refractivity contribution is 5.99. The van der Waals surface area contributed by atoms with Crippen LogP contribution in [0.15, 0.2) is 48.5 Å². The molecule has 1 fully saturated rings. The van der Waals surface area contributed by atoms with E-state index in [9.17, 15) is 29.3 Å². The molecule has 160 valence electrons. The van der Waals surface area contributed by atoms with Crippen LogP contribution in [0.25, 0.3) is 0 Å². The lowest BCUT2D eigenvalue weighted by molar-refractivity contribution is -0.384. The summed E-state index contributed by atoms with van der Waals surface area (Å²) in [5.41, 5.74) is 3.42. The Morgan fingerprint density at radius 3 is 2.65 bits per heavy atom. The molecule has 1 aliphatic heterocycles. The van der Waals surface area contributed by atoms with Gasteiger partial charge in [-0.05, 0) is 18.6 Å². The number of nitro groups is 1. The molecule has 0 spiro atoms. The molecule has 1 heterocycles. The van der Waals surface area contributed by atoms with Gasteiger partial charge >= 0.3 is 5.97 Å². The van der Waals surface area contributed by atoms with E-state index in [4.69, 9.17) is 4.74 Å². The molecule has 0 saturated carbocycles. The summed E-state index contributed by atoms with van der Waals surface area (Å²) in [5.74, 6) is -3.14. The van der Waals surface area contributed by atoms with Crippen LogP contribution in [-0.2, 0) is 14.3 Å². The number of benzene rings is 2. The number of amides is 2. The standard InChI is InChI=1S/C21H19N3O7/c1-13-5-2-3-8-17(13)20(27)22-23-11-15(10-19(23)26)21(28)31-12-18(25)14-6-4-7-16(9-14)24(29)30/h2-9,15H,10-12H2,1H3,(H,22,27)/t15-/m1/s1. The van der Waals surface area contributed by atoms with Gasteiger partial charge in [-0.2, -0.15) is 0 Å². The number of ether oxygens (including phenoxy) is 1. The summed E-state index contributed by atoms with van der Waals surface area (Å²) in [6.45, 7) is 1.07. The number of hydrogen-bond donors (Lipinski definition) is 1. The lowest BCUT2D eigenvalue weighted by Gasteiger charge is -2.18. The van der Waals surface area contributed by atoms with Crippen molar-refractivity contribution in [3.63, 3.8) is 0 Å². The maximum absolute atomic E-state index is 12.4. The second-order valence-electron chi connectivity index (χ2n) is 7.00. The predicted octanol–water partition coefficient (Wildman–Crippen LogP) is 1.82. The number of ketones is 1. The van der Waals surface area contributed by atoms with Gasteiger partial charge in [0, 0.05) is 29.7 Å². The minimum absolute atomic E-state index is 0.0385. The lowest BCUT2D eigenvalue weighted by Crippen LogP contribution is -2.43. The molecule has 10 nitrogen and oxygen atoms in total. The third-order valence-electron chi connectivity index (χ3n) is 4.81. The van der Waals surface area contributed by atoms with Gasteiger partial charge < -0.3 is 4.74 Å². The van der Waals surface area contributed by atoms with Crippen LogP contribution in [0.3, 0.4) is 0 Å². The summed E-state index contributed by atoms with van der Waals surface area (Å²) in [7, 11) is 0. The average Bonchev–Trinajstić information content (AvgIpc) is 3.12. The summed E-state index contributed by atoms with van der Waals surface area (Å²) in [6.07, 6.45) is -0.169. The zero-order valence-corrected chi connectivity index (χ0v) is 16.6. The van der Waals surface area contributed by atoms with Gasteiger partial charge in [-0.15, -0.1) is 0 Å². The molecule has 1 N–H and O–H groups in total. The third kappa shape index (κ3) is 5.10. The molecule has 0 bridgehead atoms. The number of hydrazine groups is 1. The molecular formula is C21H19N3O7. The summed E-state index contributed by atoms with van der Waals surface area (Å²) >= 11 is 0. The SMILES string of the molecule is Cc1ccccc1C(=O)NN1C[C@H](C(=O)OCC(=O)c2cccc([N+](=O)[O-])c2)CC1=O. The van der Waals surface area contributed by atoms with Crippen LogP contribution in [0.5, 0.6) is 0 Å². The van der Waals surface area contributed by atoms with Gasteiger partial charge in [0.2, 0.25) is 11.7 Å². The molecule has 1 aliphatic rings. The minimum atomic E-state index is -0.845. The monoisotopic (exact) mass is 425 g/mol. The number of nitro benzene ring substituents is 1. The fourth-order valence-corrected chi connectivity index (χ4v) is 3.11. The number of nitrogens with zero attached hydrogens (tertiary/aromatic N) is 2. The van der Waals surface area contributed by atoms with E-state index in [2.05, 4.69) is 5.43 Å². The van der Waals surface area contributed by atoms with Crippen molar-refractivity contribution in [2.24, 2.45) is 5.92 Å². The van der Waals surface area contributed by atoms with Crippen molar-refractivity contribution in [3.8, 4) is 0 Å². The second kappa shape index (κ2) is 9.16. The highest BCUT2D eigenvalue weighted by Gasteiger charge is 2.37. The number of nitrogens with one attached hydrogen (secondary N) is 1. The van der Waals surface area contributed by atoms with Gasteiger partial charge in [0.05, 0.1) is 17.4 Å². The van der Waals surface area contributed by atoms with Crippen molar-refractivity contribution in [1.82, 2.24) is 10.4 Å². The van der Waals surface area contributed by atoms with E-state index in [0.717, 1.165) is 16.6 Å². The summed E-state index contributed by atoms with van der Waals surface area (Å²) in [6, 6.07) is 11.9. The fourth-order valence-electron chi connectivity index (χ4n) is 3.11. The zero-order chi connectivity index (χ0) is 22.5. The van der Waals surface area contributed by atoms with E-state index in [1.165, 1.54) is 18.2 Å². The molecule has 10 heteroatoms. The first kappa shape index (κ1) is 21.6. The van der Waals surface area contributed by atoms with Crippen LogP contribution in [0, 0.1) is 23.0 Å². The third-order valence-corrected chi connectivity index (χ3v) is 4.81. The number of carbonyl (C=O) groups excluding carboxylic acids is 4. The Balaban J connectivity index is 1.55. The zero-order valence-electron chi connectivity index (χ0n) is 16.6. The van der Waals surface area contributed by atoms with Crippen LogP contribution >= 0.6 is 0 Å². The average molecular weight is 425 g/mol. The van der Waals surface area contributed by atoms with Gasteiger partial charge in [0.15, 0.2) is 6.61 Å². The van der Waals surface area contributed by atoms with E-state index in [1.54, 1.807) is 31.2 Å². The first-order valence-corrected chi connectivity index (χ1v) is 9.37. The second-order valence-corrected chi connectivity index (χ2v) is 7.00. The highest BCUT2D eigenvalue weighted by Crippen LogP contribution is 2.19. The van der Waals surface area contributed by atoms with E-state index in [-0.39, 0.29) is 24.2 Å². The van der Waals surface area contributed by atoms with Gasteiger partial charge in [0.25, 0.3) is 11.6 Å². The van der Waals surface area contributed by atoms with Crippen molar-refractivity contribution in [2.45, 2.75) is 13.3 Å². The highest BCUT2D eigenvalue weighted by atomic mass is 16.6. The number of rotatable bonds is 7. The van der Waals surface area contributed by atoms with E-state index >= 15 is 0 Å². The molecule has 1 atom stereocenters. The van der Waals surface area contributed by atoms with Gasteiger partial charge in [-0.1, -0.05) is 30.3 Å². The Morgan fingerprint density at radius 1 is 1.19 bits per heavy atom. The topological polar surface area (TPSA) is 136 Å². The maximum atomic E-state index is 12.4. The fraction of sp³-hybridized carbons (Fsp3) is 0.238. The largest absolute Gasteiger partial charge is 0.457 e. The molecule has 2 amide bonds. The molecule has 0 aliphatic carbocycles. The number of non-ortho nitro benzene ring substituents is 1. The van der Waals surface area contributed by atoms with Crippen LogP contribution in [-0.4, -0.2) is 46.7 Å². The number of carbonyl (C=O) groups is 4. The molecule has 31 heavy (non-hydrogen) atoms. The summed E-state index contributed by atoms with van der Waals surface area (Å²) in [5, 5.41) is 11.9.